The molecule has 0 amide bonds. The summed E-state index contributed by atoms with van der Waals surface area (Å²) in [5.41, 5.74) is -1.10. The molecule has 0 nitrogen and oxygen atoms in total. The van der Waals surface area contributed by atoms with E-state index in [1.165, 1.54) is 0 Å². The normalized spacial score (nSPS) is 52.1. The number of hydrogen-bond donors (Lipinski definition) is 0. The Morgan fingerprint density at radius 2 is 1.12 bits per heavy atom. The van der Waals surface area contributed by atoms with E-state index in [0.717, 1.165) is 0 Å². The molecule has 0 aliphatic heterocycles. The van der Waals surface area contributed by atoms with E-state index in [-0.39, 0.29) is 33.3 Å². The van der Waals surface area contributed by atoms with Gasteiger partial charge in [-0.15, -0.1) is 81.2 Å². The van der Waals surface area contributed by atoms with E-state index in [0.29, 0.717) is 11.8 Å². The van der Waals surface area contributed by atoms with Gasteiger partial charge in [0.05, 0.1) is 21.5 Å². The van der Waals surface area contributed by atoms with Crippen molar-refractivity contribution in [2.24, 2.45) is 16.7 Å². The topological polar surface area (TPSA) is 0 Å². The predicted molar refractivity (Wildman–Crippen MR) is 79.1 cm³/mol. The predicted octanol–water partition coefficient (Wildman–Crippen LogP) is 4.75. The Morgan fingerprint density at radius 1 is 0.706 bits per heavy atom. The van der Waals surface area contributed by atoms with Gasteiger partial charge in [0.25, 0.3) is 0 Å². The Balaban J connectivity index is 2.60. The minimum absolute atomic E-state index is 0.107. The van der Waals surface area contributed by atoms with Crippen LogP contribution in [0.2, 0.25) is 0 Å². The molecule has 2 aliphatic carbocycles. The van der Waals surface area contributed by atoms with Crippen molar-refractivity contribution >= 4 is 81.2 Å². The largest absolute Gasteiger partial charge is 0.126 e. The molecule has 0 spiro atoms. The van der Waals surface area contributed by atoms with Gasteiger partial charge in [0.1, 0.15) is 0 Å². The fraction of sp³-hybridized carbons (Fsp3) is 1.00. The van der Waals surface area contributed by atoms with Crippen molar-refractivity contribution in [3.63, 3.8) is 0 Å². The number of fused-ring (bicyclic) bond motifs is 2. The second kappa shape index (κ2) is 5.10. The van der Waals surface area contributed by atoms with E-state index < -0.39 is 10.8 Å². The maximum Gasteiger partial charge on any atom is 0.0591 e. The van der Waals surface area contributed by atoms with E-state index in [4.69, 9.17) is 81.2 Å². The lowest BCUT2D eigenvalue weighted by molar-refractivity contribution is 0.170. The first-order valence-electron chi connectivity index (χ1n) is 5.18. The first-order valence-corrected chi connectivity index (χ1v) is 8.53. The molecule has 0 aromatic heterocycles. The smallest absolute Gasteiger partial charge is 0.0591 e. The third-order valence-corrected chi connectivity index (χ3v) is 8.52. The average Bonchev–Trinajstić information content (AvgIpc) is 2.65. The second-order valence-electron chi connectivity index (χ2n) is 4.82. The van der Waals surface area contributed by atoms with Crippen LogP contribution in [0.5, 0.6) is 0 Å². The molecule has 17 heavy (non-hydrogen) atoms. The van der Waals surface area contributed by atoms with Crippen molar-refractivity contribution in [1.82, 2.24) is 0 Å². The molecule has 0 saturated heterocycles. The first kappa shape index (κ1) is 15.4. The highest BCUT2D eigenvalue weighted by molar-refractivity contribution is 6.38. The fourth-order valence-electron chi connectivity index (χ4n) is 3.47. The van der Waals surface area contributed by atoms with Crippen molar-refractivity contribution in [2.75, 3.05) is 17.6 Å². The summed E-state index contributed by atoms with van der Waals surface area (Å²) in [7, 11) is 0. The van der Waals surface area contributed by atoms with E-state index in [1.54, 1.807) is 0 Å². The molecule has 0 heterocycles. The van der Waals surface area contributed by atoms with E-state index >= 15 is 0 Å². The third kappa shape index (κ3) is 1.59. The molecule has 2 bridgehead atoms. The number of halogens is 7. The Labute approximate surface area is 136 Å². The van der Waals surface area contributed by atoms with E-state index in [9.17, 15) is 0 Å². The molecule has 2 saturated carbocycles. The van der Waals surface area contributed by atoms with Crippen LogP contribution in [0.25, 0.3) is 0 Å². The Kier molecular flexibility index (Phi) is 4.62. The summed E-state index contributed by atoms with van der Waals surface area (Å²) in [5, 5.41) is -1.32. The van der Waals surface area contributed by atoms with Gasteiger partial charge < -0.3 is 0 Å². The molecule has 7 heteroatoms. The van der Waals surface area contributed by atoms with Crippen molar-refractivity contribution in [1.29, 1.82) is 0 Å². The molecular formula is C10H11Cl7. The van der Waals surface area contributed by atoms with Gasteiger partial charge in [0.2, 0.25) is 0 Å². The van der Waals surface area contributed by atoms with Crippen LogP contribution in [-0.2, 0) is 0 Å². The van der Waals surface area contributed by atoms with Crippen LogP contribution in [0.15, 0.2) is 0 Å². The standard InChI is InChI=1S/C10H11Cl7/c11-1-9(2-12)4-5(14)7(16)10(9,3-13)8(17)6(4)15/h4-8H,1-3H2. The summed E-state index contributed by atoms with van der Waals surface area (Å²) in [4.78, 5) is 0. The van der Waals surface area contributed by atoms with Crippen LogP contribution < -0.4 is 0 Å². The van der Waals surface area contributed by atoms with Gasteiger partial charge in [-0.1, -0.05) is 0 Å². The third-order valence-electron chi connectivity index (χ3n) is 4.49. The molecule has 4 atom stereocenters. The van der Waals surface area contributed by atoms with Gasteiger partial charge in [0, 0.05) is 34.4 Å². The molecule has 0 aromatic rings. The lowest BCUT2D eigenvalue weighted by Gasteiger charge is -2.43. The highest BCUT2D eigenvalue weighted by atomic mass is 35.5. The van der Waals surface area contributed by atoms with Gasteiger partial charge >= 0.3 is 0 Å². The van der Waals surface area contributed by atoms with Crippen molar-refractivity contribution < 1.29 is 0 Å². The van der Waals surface area contributed by atoms with Crippen LogP contribution in [0.3, 0.4) is 0 Å². The van der Waals surface area contributed by atoms with Crippen LogP contribution in [0.1, 0.15) is 0 Å². The molecule has 100 valence electrons. The monoisotopic (exact) mass is 376 g/mol. The van der Waals surface area contributed by atoms with Crippen molar-refractivity contribution in [3.05, 3.63) is 0 Å². The summed E-state index contributed by atoms with van der Waals surface area (Å²) < 4.78 is 0. The summed E-state index contributed by atoms with van der Waals surface area (Å²) in [6, 6.07) is 0. The minimum Gasteiger partial charge on any atom is -0.126 e. The Morgan fingerprint density at radius 3 is 1.35 bits per heavy atom. The fourth-order valence-corrected chi connectivity index (χ4v) is 7.93. The average molecular weight is 379 g/mol. The van der Waals surface area contributed by atoms with Crippen LogP contribution in [-0.4, -0.2) is 39.1 Å². The maximum atomic E-state index is 6.44. The van der Waals surface area contributed by atoms with Crippen LogP contribution >= 0.6 is 81.2 Å². The molecule has 2 rings (SSSR count). The van der Waals surface area contributed by atoms with Crippen molar-refractivity contribution in [3.8, 4) is 0 Å². The first-order chi connectivity index (χ1) is 7.94. The number of alkyl halides is 7. The summed E-state index contributed by atoms with van der Waals surface area (Å²) in [6.45, 7) is 0. The molecular weight excluding hydrogens is 368 g/mol. The van der Waals surface area contributed by atoms with E-state index in [2.05, 4.69) is 0 Å². The lowest BCUT2D eigenvalue weighted by Crippen LogP contribution is -2.51. The Bertz CT molecular complexity index is 287. The Hall–Kier alpha value is 2.03. The highest BCUT2D eigenvalue weighted by Crippen LogP contribution is 2.72. The summed E-state index contributed by atoms with van der Waals surface area (Å²) in [5.74, 6) is 0.779. The minimum atomic E-state index is -0.606. The SMILES string of the molecule is ClCC1(CCl)C2C(Cl)C(Cl)C1(CCl)C(Cl)C2Cl. The number of hydrogen-bond acceptors (Lipinski definition) is 0. The maximum absolute atomic E-state index is 6.44. The summed E-state index contributed by atoms with van der Waals surface area (Å²) in [6.07, 6.45) is 0. The van der Waals surface area contributed by atoms with Gasteiger partial charge in [-0.2, -0.15) is 0 Å². The molecule has 4 unspecified atom stereocenters. The van der Waals surface area contributed by atoms with Crippen LogP contribution in [0.4, 0.5) is 0 Å². The highest BCUT2D eigenvalue weighted by Gasteiger charge is 2.77. The molecule has 0 radical (unpaired) electrons. The van der Waals surface area contributed by atoms with E-state index in [1.807, 2.05) is 0 Å². The second-order valence-corrected chi connectivity index (χ2v) is 7.57. The van der Waals surface area contributed by atoms with Gasteiger partial charge in [-0.05, 0) is 0 Å². The van der Waals surface area contributed by atoms with Gasteiger partial charge in [0.15, 0.2) is 0 Å². The van der Waals surface area contributed by atoms with Gasteiger partial charge in [-0.25, -0.2) is 0 Å². The van der Waals surface area contributed by atoms with Crippen molar-refractivity contribution in [2.45, 2.75) is 21.5 Å². The van der Waals surface area contributed by atoms with Crippen LogP contribution in [0, 0.1) is 16.7 Å². The lowest BCUT2D eigenvalue weighted by atomic mass is 9.70. The summed E-state index contributed by atoms with van der Waals surface area (Å²) >= 11 is 44.1. The number of rotatable bonds is 3. The molecule has 0 aromatic carbocycles. The van der Waals surface area contributed by atoms with Gasteiger partial charge in [-0.3, -0.25) is 0 Å². The molecule has 2 fully saturated rings. The zero-order valence-corrected chi connectivity index (χ0v) is 13.9. The quantitative estimate of drug-likeness (QED) is 0.621. The zero-order valence-electron chi connectivity index (χ0n) is 8.65. The molecule has 0 N–H and O–H groups in total. The zero-order chi connectivity index (χ0) is 13.0. The molecule has 2 aliphatic rings.